The number of hydrogen-bond acceptors (Lipinski definition) is 3. The third-order valence-corrected chi connectivity index (χ3v) is 4.90. The van der Waals surface area contributed by atoms with E-state index in [4.69, 9.17) is 0 Å². The summed E-state index contributed by atoms with van der Waals surface area (Å²) in [5, 5.41) is 0. The van der Waals surface area contributed by atoms with Gasteiger partial charge in [-0.2, -0.15) is 17.4 Å². The van der Waals surface area contributed by atoms with Crippen molar-refractivity contribution in [2.45, 2.75) is 38.8 Å². The Bertz CT molecular complexity index is 475. The van der Waals surface area contributed by atoms with Crippen LogP contribution in [0.4, 0.5) is 0 Å². The molecule has 18 heavy (non-hydrogen) atoms. The van der Waals surface area contributed by atoms with Crippen molar-refractivity contribution >= 4 is 10.2 Å². The molecule has 5 nitrogen and oxygen atoms in total. The molecule has 0 spiro atoms. The molecule has 1 aromatic heterocycles. The van der Waals surface area contributed by atoms with Gasteiger partial charge < -0.3 is 0 Å². The van der Waals surface area contributed by atoms with Crippen molar-refractivity contribution in [2.24, 2.45) is 0 Å². The van der Waals surface area contributed by atoms with Crippen LogP contribution in [0.3, 0.4) is 0 Å². The standard InChI is InChI=1S/C12H19N3O2S/c1-11-5-2-3-8-15(11)18(16,17)14-10-12-6-4-7-13-9-12/h4,6-7,9,11,14H,2-3,5,8,10H2,1H3. The van der Waals surface area contributed by atoms with Crippen LogP contribution in [0.2, 0.25) is 0 Å². The summed E-state index contributed by atoms with van der Waals surface area (Å²) in [4.78, 5) is 3.96. The average molecular weight is 269 g/mol. The second kappa shape index (κ2) is 5.77. The normalized spacial score (nSPS) is 21.9. The molecule has 0 amide bonds. The van der Waals surface area contributed by atoms with E-state index in [-0.39, 0.29) is 6.04 Å². The number of hydrogen-bond donors (Lipinski definition) is 1. The van der Waals surface area contributed by atoms with Gasteiger partial charge in [-0.3, -0.25) is 4.98 Å². The predicted molar refractivity (Wildman–Crippen MR) is 70.0 cm³/mol. The molecule has 0 radical (unpaired) electrons. The summed E-state index contributed by atoms with van der Waals surface area (Å²) in [5.74, 6) is 0. The van der Waals surface area contributed by atoms with Crippen molar-refractivity contribution in [2.75, 3.05) is 6.54 Å². The Morgan fingerprint density at radius 2 is 2.33 bits per heavy atom. The lowest BCUT2D eigenvalue weighted by atomic mass is 10.1. The molecule has 1 unspecified atom stereocenters. The lowest BCUT2D eigenvalue weighted by molar-refractivity contribution is 0.265. The predicted octanol–water partition coefficient (Wildman–Crippen LogP) is 1.29. The van der Waals surface area contributed by atoms with E-state index in [2.05, 4.69) is 9.71 Å². The van der Waals surface area contributed by atoms with Crippen molar-refractivity contribution in [3.63, 3.8) is 0 Å². The molecule has 1 aromatic rings. The topological polar surface area (TPSA) is 62.3 Å². The first-order valence-corrected chi connectivity index (χ1v) is 7.69. The quantitative estimate of drug-likeness (QED) is 0.896. The van der Waals surface area contributed by atoms with Crippen molar-refractivity contribution in [1.29, 1.82) is 0 Å². The van der Waals surface area contributed by atoms with Gasteiger partial charge in [-0.1, -0.05) is 12.5 Å². The van der Waals surface area contributed by atoms with Crippen molar-refractivity contribution < 1.29 is 8.42 Å². The third-order valence-electron chi connectivity index (χ3n) is 3.23. The molecule has 2 rings (SSSR count). The van der Waals surface area contributed by atoms with Gasteiger partial charge in [0.1, 0.15) is 0 Å². The zero-order valence-electron chi connectivity index (χ0n) is 10.5. The van der Waals surface area contributed by atoms with Crippen LogP contribution in [0.15, 0.2) is 24.5 Å². The van der Waals surface area contributed by atoms with Gasteiger partial charge in [0, 0.05) is 31.5 Å². The number of rotatable bonds is 4. The molecular formula is C12H19N3O2S. The third kappa shape index (κ3) is 3.28. The maximum absolute atomic E-state index is 12.2. The van der Waals surface area contributed by atoms with E-state index < -0.39 is 10.2 Å². The van der Waals surface area contributed by atoms with Crippen LogP contribution in [-0.2, 0) is 16.8 Å². The molecule has 6 heteroatoms. The Morgan fingerprint density at radius 1 is 1.50 bits per heavy atom. The van der Waals surface area contributed by atoms with Gasteiger partial charge in [0.05, 0.1) is 0 Å². The van der Waals surface area contributed by atoms with E-state index in [1.165, 1.54) is 0 Å². The van der Waals surface area contributed by atoms with Crippen LogP contribution in [0, 0.1) is 0 Å². The van der Waals surface area contributed by atoms with Crippen LogP contribution in [0.25, 0.3) is 0 Å². The van der Waals surface area contributed by atoms with E-state index in [9.17, 15) is 8.42 Å². The summed E-state index contributed by atoms with van der Waals surface area (Å²) in [7, 11) is -3.38. The Balaban J connectivity index is 1.99. The van der Waals surface area contributed by atoms with Crippen LogP contribution in [0.1, 0.15) is 31.7 Å². The van der Waals surface area contributed by atoms with Gasteiger partial charge in [0.25, 0.3) is 10.2 Å². The van der Waals surface area contributed by atoms with Gasteiger partial charge in [-0.25, -0.2) is 0 Å². The highest BCUT2D eigenvalue weighted by Crippen LogP contribution is 2.19. The molecular weight excluding hydrogens is 250 g/mol. The molecule has 100 valence electrons. The Morgan fingerprint density at radius 3 is 3.00 bits per heavy atom. The van der Waals surface area contributed by atoms with Gasteiger partial charge in [0.15, 0.2) is 0 Å². The van der Waals surface area contributed by atoms with Crippen molar-refractivity contribution in [3.8, 4) is 0 Å². The Labute approximate surface area is 108 Å². The fourth-order valence-electron chi connectivity index (χ4n) is 2.19. The molecule has 0 aromatic carbocycles. The highest BCUT2D eigenvalue weighted by atomic mass is 32.2. The average Bonchev–Trinajstić information content (AvgIpc) is 2.38. The molecule has 0 saturated carbocycles. The second-order valence-electron chi connectivity index (χ2n) is 4.64. The fourth-order valence-corrected chi connectivity index (χ4v) is 3.65. The van der Waals surface area contributed by atoms with E-state index in [0.717, 1.165) is 24.8 Å². The van der Waals surface area contributed by atoms with Gasteiger partial charge >= 0.3 is 0 Å². The number of nitrogens with zero attached hydrogens (tertiary/aromatic N) is 2. The number of nitrogens with one attached hydrogen (secondary N) is 1. The molecule has 1 N–H and O–H groups in total. The second-order valence-corrected chi connectivity index (χ2v) is 6.35. The van der Waals surface area contributed by atoms with Crippen molar-refractivity contribution in [3.05, 3.63) is 30.1 Å². The first-order valence-electron chi connectivity index (χ1n) is 6.25. The number of pyridine rings is 1. The zero-order valence-corrected chi connectivity index (χ0v) is 11.4. The summed E-state index contributed by atoms with van der Waals surface area (Å²) in [6.07, 6.45) is 6.33. The molecule has 1 saturated heterocycles. The van der Waals surface area contributed by atoms with Crippen LogP contribution >= 0.6 is 0 Å². The van der Waals surface area contributed by atoms with Crippen LogP contribution < -0.4 is 4.72 Å². The van der Waals surface area contributed by atoms with Gasteiger partial charge in [-0.05, 0) is 31.4 Å². The molecule has 0 bridgehead atoms. The molecule has 1 aliphatic heterocycles. The van der Waals surface area contributed by atoms with Gasteiger partial charge in [-0.15, -0.1) is 0 Å². The molecule has 1 aliphatic rings. The monoisotopic (exact) mass is 269 g/mol. The lowest BCUT2D eigenvalue weighted by Crippen LogP contribution is -2.47. The minimum absolute atomic E-state index is 0.0881. The van der Waals surface area contributed by atoms with Crippen LogP contribution in [-0.4, -0.2) is 30.3 Å². The summed E-state index contributed by atoms with van der Waals surface area (Å²) >= 11 is 0. The Kier molecular flexibility index (Phi) is 4.31. The fraction of sp³-hybridized carbons (Fsp3) is 0.583. The molecule has 1 atom stereocenters. The number of aromatic nitrogens is 1. The number of piperidine rings is 1. The van der Waals surface area contributed by atoms with Crippen molar-refractivity contribution in [1.82, 2.24) is 14.0 Å². The highest BCUT2D eigenvalue weighted by Gasteiger charge is 2.28. The lowest BCUT2D eigenvalue weighted by Gasteiger charge is -2.32. The largest absolute Gasteiger partial charge is 0.279 e. The minimum atomic E-state index is -3.38. The highest BCUT2D eigenvalue weighted by molar-refractivity contribution is 7.87. The summed E-state index contributed by atoms with van der Waals surface area (Å²) < 4.78 is 28.5. The first kappa shape index (κ1) is 13.5. The van der Waals surface area contributed by atoms with Gasteiger partial charge in [0.2, 0.25) is 0 Å². The summed E-state index contributed by atoms with van der Waals surface area (Å²) in [6.45, 7) is 2.87. The molecule has 1 fully saturated rings. The molecule has 2 heterocycles. The first-order chi connectivity index (χ1) is 8.59. The van der Waals surface area contributed by atoms with E-state index in [1.807, 2.05) is 13.0 Å². The summed E-state index contributed by atoms with van der Waals surface area (Å²) in [6, 6.07) is 3.74. The zero-order chi connectivity index (χ0) is 13.0. The minimum Gasteiger partial charge on any atom is -0.264 e. The Hall–Kier alpha value is -0.980. The smallest absolute Gasteiger partial charge is 0.264 e. The van der Waals surface area contributed by atoms with E-state index in [1.54, 1.807) is 22.8 Å². The summed E-state index contributed by atoms with van der Waals surface area (Å²) in [5.41, 5.74) is 0.866. The van der Waals surface area contributed by atoms with E-state index >= 15 is 0 Å². The van der Waals surface area contributed by atoms with Crippen LogP contribution in [0.5, 0.6) is 0 Å². The maximum Gasteiger partial charge on any atom is 0.279 e. The molecule has 0 aliphatic carbocycles. The maximum atomic E-state index is 12.2. The van der Waals surface area contributed by atoms with E-state index in [0.29, 0.717) is 13.1 Å². The SMILES string of the molecule is CC1CCCCN1S(=O)(=O)NCc1cccnc1.